The van der Waals surface area contributed by atoms with Crippen molar-refractivity contribution in [1.82, 2.24) is 5.32 Å². The predicted octanol–water partition coefficient (Wildman–Crippen LogP) is 3.23. The van der Waals surface area contributed by atoms with Crippen molar-refractivity contribution in [2.24, 2.45) is 0 Å². The number of hydrogen-bond donors (Lipinski definition) is 1. The summed E-state index contributed by atoms with van der Waals surface area (Å²) < 4.78 is 0. The smallest absolute Gasteiger partial charge is 0.251 e. The molecule has 1 aromatic rings. The molecule has 0 radical (unpaired) electrons. The van der Waals surface area contributed by atoms with Crippen LogP contribution in [-0.4, -0.2) is 25.5 Å². The van der Waals surface area contributed by atoms with Gasteiger partial charge in [0.15, 0.2) is 0 Å². The normalized spacial score (nSPS) is 10.7. The van der Waals surface area contributed by atoms with Crippen LogP contribution in [0, 0.1) is 0 Å². The summed E-state index contributed by atoms with van der Waals surface area (Å²) in [5.41, 5.74) is 1.88. The summed E-state index contributed by atoms with van der Waals surface area (Å²) in [5.74, 6) is -0.00407. The molecule has 0 saturated carbocycles. The van der Waals surface area contributed by atoms with Crippen LogP contribution >= 0.6 is 0 Å². The maximum absolute atomic E-state index is 11.9. The molecule has 0 atom stereocenters. The van der Waals surface area contributed by atoms with Gasteiger partial charge in [-0.1, -0.05) is 12.2 Å². The van der Waals surface area contributed by atoms with Crippen LogP contribution in [0.3, 0.4) is 0 Å². The van der Waals surface area contributed by atoms with Crippen molar-refractivity contribution in [2.75, 3.05) is 24.5 Å². The Balaban J connectivity index is 2.57. The number of carbonyl (C=O) groups is 1. The van der Waals surface area contributed by atoms with Crippen LogP contribution < -0.4 is 10.2 Å². The molecule has 0 saturated heterocycles. The van der Waals surface area contributed by atoms with Crippen molar-refractivity contribution >= 4 is 11.6 Å². The molecule has 0 fully saturated rings. The lowest BCUT2D eigenvalue weighted by atomic mass is 10.2. The molecule has 3 heteroatoms. The Morgan fingerprint density at radius 3 is 2.37 bits per heavy atom. The first-order valence-corrected chi connectivity index (χ1v) is 6.97. The minimum Gasteiger partial charge on any atom is -0.372 e. The van der Waals surface area contributed by atoms with E-state index in [1.54, 1.807) is 0 Å². The Kier molecular flexibility index (Phi) is 6.72. The Labute approximate surface area is 116 Å². The maximum Gasteiger partial charge on any atom is 0.251 e. The van der Waals surface area contributed by atoms with E-state index in [0.717, 1.165) is 30.8 Å². The van der Waals surface area contributed by atoms with Crippen molar-refractivity contribution in [3.05, 3.63) is 42.0 Å². The molecule has 1 aromatic carbocycles. The van der Waals surface area contributed by atoms with Crippen LogP contribution in [0.4, 0.5) is 5.69 Å². The van der Waals surface area contributed by atoms with E-state index in [-0.39, 0.29) is 5.91 Å². The summed E-state index contributed by atoms with van der Waals surface area (Å²) in [7, 11) is 0. The monoisotopic (exact) mass is 260 g/mol. The fourth-order valence-electron chi connectivity index (χ4n) is 1.95. The second kappa shape index (κ2) is 8.35. The standard InChI is InChI=1S/C16H24N2O/c1-4-7-8-13-17-16(19)14-9-11-15(12-10-14)18(5-2)6-3/h4,7,9-12H,5-6,8,13H2,1-3H3,(H,17,19)/b7-4+. The third-order valence-corrected chi connectivity index (χ3v) is 3.09. The van der Waals surface area contributed by atoms with Crippen molar-refractivity contribution in [3.8, 4) is 0 Å². The Morgan fingerprint density at radius 2 is 1.84 bits per heavy atom. The predicted molar refractivity (Wildman–Crippen MR) is 81.8 cm³/mol. The average molecular weight is 260 g/mol. The SMILES string of the molecule is C/C=C/CCNC(=O)c1ccc(N(CC)CC)cc1. The molecular formula is C16H24N2O. The molecule has 1 rings (SSSR count). The van der Waals surface area contributed by atoms with E-state index in [0.29, 0.717) is 6.54 Å². The van der Waals surface area contributed by atoms with Gasteiger partial charge < -0.3 is 10.2 Å². The zero-order valence-corrected chi connectivity index (χ0v) is 12.1. The number of anilines is 1. The van der Waals surface area contributed by atoms with Gasteiger partial charge in [-0.15, -0.1) is 0 Å². The molecule has 3 nitrogen and oxygen atoms in total. The number of carbonyl (C=O) groups excluding carboxylic acids is 1. The number of nitrogens with zero attached hydrogens (tertiary/aromatic N) is 1. The zero-order valence-electron chi connectivity index (χ0n) is 12.1. The number of allylic oxidation sites excluding steroid dienone is 1. The van der Waals surface area contributed by atoms with Gasteiger partial charge in [0.25, 0.3) is 5.91 Å². The summed E-state index contributed by atoms with van der Waals surface area (Å²) in [6, 6.07) is 7.79. The van der Waals surface area contributed by atoms with E-state index in [1.807, 2.05) is 43.3 Å². The molecule has 0 spiro atoms. The Hall–Kier alpha value is -1.77. The number of amides is 1. The van der Waals surface area contributed by atoms with Gasteiger partial charge in [0.05, 0.1) is 0 Å². The minimum absolute atomic E-state index is 0.00407. The summed E-state index contributed by atoms with van der Waals surface area (Å²) in [4.78, 5) is 14.1. The van der Waals surface area contributed by atoms with Crippen LogP contribution in [0.25, 0.3) is 0 Å². The first-order chi connectivity index (χ1) is 9.22. The highest BCUT2D eigenvalue weighted by atomic mass is 16.1. The van der Waals surface area contributed by atoms with Gasteiger partial charge in [0.1, 0.15) is 0 Å². The van der Waals surface area contributed by atoms with E-state index in [4.69, 9.17) is 0 Å². The van der Waals surface area contributed by atoms with Crippen LogP contribution in [0.5, 0.6) is 0 Å². The van der Waals surface area contributed by atoms with Crippen molar-refractivity contribution in [2.45, 2.75) is 27.2 Å². The van der Waals surface area contributed by atoms with E-state index in [1.165, 1.54) is 0 Å². The highest BCUT2D eigenvalue weighted by molar-refractivity contribution is 5.94. The molecular weight excluding hydrogens is 236 g/mol. The number of rotatable bonds is 7. The Morgan fingerprint density at radius 1 is 1.21 bits per heavy atom. The molecule has 0 aromatic heterocycles. The summed E-state index contributed by atoms with van der Waals surface area (Å²) in [6.07, 6.45) is 4.91. The number of benzene rings is 1. The molecule has 0 aliphatic carbocycles. The highest BCUT2D eigenvalue weighted by Crippen LogP contribution is 2.14. The summed E-state index contributed by atoms with van der Waals surface area (Å²) in [5, 5.41) is 2.91. The van der Waals surface area contributed by atoms with Crippen molar-refractivity contribution < 1.29 is 4.79 Å². The number of hydrogen-bond acceptors (Lipinski definition) is 2. The molecule has 0 unspecified atom stereocenters. The Bertz CT molecular complexity index is 405. The largest absolute Gasteiger partial charge is 0.372 e. The molecule has 0 aliphatic heterocycles. The number of nitrogens with one attached hydrogen (secondary N) is 1. The van der Waals surface area contributed by atoms with Gasteiger partial charge in [0, 0.05) is 30.9 Å². The van der Waals surface area contributed by atoms with Gasteiger partial charge in [0.2, 0.25) is 0 Å². The summed E-state index contributed by atoms with van der Waals surface area (Å²) >= 11 is 0. The lowest BCUT2D eigenvalue weighted by molar-refractivity contribution is 0.0954. The highest BCUT2D eigenvalue weighted by Gasteiger charge is 2.06. The van der Waals surface area contributed by atoms with E-state index in [2.05, 4.69) is 24.1 Å². The van der Waals surface area contributed by atoms with Gasteiger partial charge in [-0.25, -0.2) is 0 Å². The second-order valence-electron chi connectivity index (χ2n) is 4.33. The van der Waals surface area contributed by atoms with Crippen LogP contribution in [-0.2, 0) is 0 Å². The molecule has 19 heavy (non-hydrogen) atoms. The molecule has 0 aliphatic rings. The van der Waals surface area contributed by atoms with Crippen molar-refractivity contribution in [3.63, 3.8) is 0 Å². The lowest BCUT2D eigenvalue weighted by Crippen LogP contribution is -2.24. The van der Waals surface area contributed by atoms with Crippen LogP contribution in [0.2, 0.25) is 0 Å². The third-order valence-electron chi connectivity index (χ3n) is 3.09. The van der Waals surface area contributed by atoms with E-state index < -0.39 is 0 Å². The average Bonchev–Trinajstić information content (AvgIpc) is 2.45. The molecule has 0 bridgehead atoms. The first kappa shape index (κ1) is 15.3. The lowest BCUT2D eigenvalue weighted by Gasteiger charge is -2.21. The quantitative estimate of drug-likeness (QED) is 0.603. The van der Waals surface area contributed by atoms with Gasteiger partial charge in [-0.2, -0.15) is 0 Å². The summed E-state index contributed by atoms with van der Waals surface area (Å²) in [6.45, 7) is 8.88. The topological polar surface area (TPSA) is 32.3 Å². The fourth-order valence-corrected chi connectivity index (χ4v) is 1.95. The van der Waals surface area contributed by atoms with Crippen molar-refractivity contribution in [1.29, 1.82) is 0 Å². The molecule has 1 N–H and O–H groups in total. The van der Waals surface area contributed by atoms with Gasteiger partial charge in [-0.3, -0.25) is 4.79 Å². The second-order valence-corrected chi connectivity index (χ2v) is 4.33. The van der Waals surface area contributed by atoms with Gasteiger partial charge >= 0.3 is 0 Å². The molecule has 104 valence electrons. The van der Waals surface area contributed by atoms with E-state index in [9.17, 15) is 4.79 Å². The third kappa shape index (κ3) is 4.78. The van der Waals surface area contributed by atoms with E-state index >= 15 is 0 Å². The van der Waals surface area contributed by atoms with Gasteiger partial charge in [-0.05, 0) is 51.5 Å². The molecule has 1 amide bonds. The zero-order chi connectivity index (χ0) is 14.1. The van der Waals surface area contributed by atoms with Crippen LogP contribution in [0.1, 0.15) is 37.6 Å². The fraction of sp³-hybridized carbons (Fsp3) is 0.438. The first-order valence-electron chi connectivity index (χ1n) is 6.97. The maximum atomic E-state index is 11.9. The van der Waals surface area contributed by atoms with Crippen LogP contribution in [0.15, 0.2) is 36.4 Å². The minimum atomic E-state index is -0.00407. The molecule has 0 heterocycles.